The van der Waals surface area contributed by atoms with Gasteiger partial charge >= 0.3 is 5.97 Å². The molecule has 19 heavy (non-hydrogen) atoms. The lowest BCUT2D eigenvalue weighted by atomic mass is 10.2. The summed E-state index contributed by atoms with van der Waals surface area (Å²) in [5.41, 5.74) is -0.124. The highest BCUT2D eigenvalue weighted by molar-refractivity contribution is 7.11. The molecule has 100 valence electrons. The summed E-state index contributed by atoms with van der Waals surface area (Å²) in [5, 5.41) is 13.0. The predicted molar refractivity (Wildman–Crippen MR) is 68.2 cm³/mol. The molecular formula is C11H12N4O3S. The Bertz CT molecular complexity index is 579. The Morgan fingerprint density at radius 3 is 2.89 bits per heavy atom. The van der Waals surface area contributed by atoms with Gasteiger partial charge in [-0.15, -0.1) is 11.3 Å². The second-order valence-electron chi connectivity index (χ2n) is 3.75. The van der Waals surface area contributed by atoms with E-state index in [1.54, 1.807) is 12.4 Å². The summed E-state index contributed by atoms with van der Waals surface area (Å²) < 4.78 is 0. The Kier molecular flexibility index (Phi) is 3.91. The lowest BCUT2D eigenvalue weighted by Crippen LogP contribution is -2.28. The normalized spacial score (nSPS) is 12.1. The van der Waals surface area contributed by atoms with Crippen LogP contribution in [0.25, 0.3) is 0 Å². The molecular weight excluding hydrogens is 268 g/mol. The van der Waals surface area contributed by atoms with E-state index in [1.165, 1.54) is 5.38 Å². The van der Waals surface area contributed by atoms with E-state index >= 15 is 0 Å². The summed E-state index contributed by atoms with van der Waals surface area (Å²) >= 11 is 1.00. The molecule has 2 aromatic heterocycles. The number of nitrogens with one attached hydrogen (secondary N) is 2. The maximum atomic E-state index is 11.9. The van der Waals surface area contributed by atoms with Gasteiger partial charge in [-0.25, -0.2) is 14.8 Å². The standard InChI is InChI=1S/C11H12N4O3S/c1-2-6(8-12-3-4-13-8)14-9(16)10-15-7(5-19-10)11(17)18/h3-6H,2H2,1H3,(H,12,13)(H,14,16)(H,17,18). The van der Waals surface area contributed by atoms with Crippen molar-refractivity contribution in [3.05, 3.63) is 34.3 Å². The number of hydrogen-bond acceptors (Lipinski definition) is 5. The van der Waals surface area contributed by atoms with Crippen molar-refractivity contribution >= 4 is 23.2 Å². The highest BCUT2D eigenvalue weighted by Crippen LogP contribution is 2.15. The number of nitrogens with zero attached hydrogens (tertiary/aromatic N) is 2. The minimum atomic E-state index is -1.15. The first-order valence-corrected chi connectivity index (χ1v) is 6.48. The first kappa shape index (κ1) is 13.2. The Morgan fingerprint density at radius 1 is 1.58 bits per heavy atom. The van der Waals surface area contributed by atoms with Crippen LogP contribution in [0.5, 0.6) is 0 Å². The summed E-state index contributed by atoms with van der Waals surface area (Å²) in [6.45, 7) is 1.91. The van der Waals surface area contributed by atoms with Crippen molar-refractivity contribution in [3.8, 4) is 0 Å². The molecule has 0 fully saturated rings. The number of carbonyl (C=O) groups excluding carboxylic acids is 1. The second kappa shape index (κ2) is 5.61. The number of imidazole rings is 1. The van der Waals surface area contributed by atoms with Crippen LogP contribution in [0.1, 0.15) is 45.5 Å². The monoisotopic (exact) mass is 280 g/mol. The SMILES string of the molecule is CCC(NC(=O)c1nc(C(=O)O)cs1)c1ncc[nH]1. The molecule has 3 N–H and O–H groups in total. The molecule has 0 aromatic carbocycles. The van der Waals surface area contributed by atoms with Crippen LogP contribution >= 0.6 is 11.3 Å². The summed E-state index contributed by atoms with van der Waals surface area (Å²) in [6, 6.07) is -0.250. The lowest BCUT2D eigenvalue weighted by Gasteiger charge is -2.13. The molecule has 0 bridgehead atoms. The lowest BCUT2D eigenvalue weighted by molar-refractivity contribution is 0.0691. The van der Waals surface area contributed by atoms with E-state index in [0.29, 0.717) is 12.2 Å². The van der Waals surface area contributed by atoms with Crippen LogP contribution in [0, 0.1) is 0 Å². The quantitative estimate of drug-likeness (QED) is 0.768. The molecule has 0 saturated heterocycles. The maximum absolute atomic E-state index is 11.9. The summed E-state index contributed by atoms with van der Waals surface area (Å²) in [4.78, 5) is 33.4. The van der Waals surface area contributed by atoms with Gasteiger partial charge in [-0.2, -0.15) is 0 Å². The zero-order valence-electron chi connectivity index (χ0n) is 10.1. The van der Waals surface area contributed by atoms with E-state index in [4.69, 9.17) is 5.11 Å². The van der Waals surface area contributed by atoms with Gasteiger partial charge in [-0.05, 0) is 6.42 Å². The molecule has 0 spiro atoms. The number of H-pyrrole nitrogens is 1. The van der Waals surface area contributed by atoms with Crippen molar-refractivity contribution in [1.29, 1.82) is 0 Å². The number of rotatable bonds is 5. The highest BCUT2D eigenvalue weighted by Gasteiger charge is 2.19. The van der Waals surface area contributed by atoms with Crippen LogP contribution in [0.4, 0.5) is 0 Å². The number of carbonyl (C=O) groups is 2. The molecule has 0 radical (unpaired) electrons. The maximum Gasteiger partial charge on any atom is 0.355 e. The van der Waals surface area contributed by atoms with E-state index < -0.39 is 11.9 Å². The van der Waals surface area contributed by atoms with Gasteiger partial charge in [0.1, 0.15) is 5.82 Å². The molecule has 1 amide bonds. The molecule has 0 aliphatic rings. The number of aromatic amines is 1. The third-order valence-electron chi connectivity index (χ3n) is 2.48. The Hall–Kier alpha value is -2.22. The van der Waals surface area contributed by atoms with E-state index in [1.807, 2.05) is 6.92 Å². The van der Waals surface area contributed by atoms with Crippen molar-refractivity contribution in [3.63, 3.8) is 0 Å². The van der Waals surface area contributed by atoms with E-state index in [2.05, 4.69) is 20.3 Å². The fourth-order valence-corrected chi connectivity index (χ4v) is 2.22. The largest absolute Gasteiger partial charge is 0.476 e. The van der Waals surface area contributed by atoms with Gasteiger partial charge < -0.3 is 15.4 Å². The van der Waals surface area contributed by atoms with Crippen molar-refractivity contribution in [2.24, 2.45) is 0 Å². The topological polar surface area (TPSA) is 108 Å². The van der Waals surface area contributed by atoms with Gasteiger partial charge in [0.2, 0.25) is 0 Å². The number of hydrogen-bond donors (Lipinski definition) is 3. The summed E-state index contributed by atoms with van der Waals surface area (Å²) in [6.07, 6.45) is 3.95. The first-order chi connectivity index (χ1) is 9.11. The minimum absolute atomic E-state index is 0.124. The van der Waals surface area contributed by atoms with Crippen LogP contribution in [-0.2, 0) is 0 Å². The van der Waals surface area contributed by atoms with Crippen LogP contribution in [0.15, 0.2) is 17.8 Å². The molecule has 1 atom stereocenters. The van der Waals surface area contributed by atoms with Gasteiger partial charge in [-0.3, -0.25) is 4.79 Å². The van der Waals surface area contributed by atoms with Crippen molar-refractivity contribution in [2.45, 2.75) is 19.4 Å². The van der Waals surface area contributed by atoms with Crippen LogP contribution < -0.4 is 5.32 Å². The number of carboxylic acid groups (broad SMARTS) is 1. The van der Waals surface area contributed by atoms with Crippen molar-refractivity contribution in [1.82, 2.24) is 20.3 Å². The van der Waals surface area contributed by atoms with Crippen molar-refractivity contribution in [2.75, 3.05) is 0 Å². The van der Waals surface area contributed by atoms with Gasteiger partial charge in [-0.1, -0.05) is 6.92 Å². The molecule has 2 rings (SSSR count). The molecule has 1 unspecified atom stereocenters. The molecule has 0 aliphatic carbocycles. The van der Waals surface area contributed by atoms with Crippen LogP contribution in [0.3, 0.4) is 0 Å². The summed E-state index contributed by atoms with van der Waals surface area (Å²) in [5.74, 6) is -0.889. The number of thiazole rings is 1. The molecule has 0 saturated carbocycles. The third kappa shape index (κ3) is 2.97. The third-order valence-corrected chi connectivity index (χ3v) is 3.32. The number of aromatic nitrogens is 3. The van der Waals surface area contributed by atoms with Crippen LogP contribution in [0.2, 0.25) is 0 Å². The van der Waals surface area contributed by atoms with E-state index in [0.717, 1.165) is 11.3 Å². The molecule has 8 heteroatoms. The van der Waals surface area contributed by atoms with Gasteiger partial charge in [0.15, 0.2) is 10.7 Å². The average molecular weight is 280 g/mol. The number of aromatic carboxylic acids is 1. The zero-order chi connectivity index (χ0) is 13.8. The molecule has 2 aromatic rings. The Labute approximate surface area is 112 Å². The fraction of sp³-hybridized carbons (Fsp3) is 0.273. The fourth-order valence-electron chi connectivity index (χ4n) is 1.53. The van der Waals surface area contributed by atoms with Crippen LogP contribution in [-0.4, -0.2) is 31.9 Å². The van der Waals surface area contributed by atoms with E-state index in [9.17, 15) is 9.59 Å². The molecule has 2 heterocycles. The Morgan fingerprint density at radius 2 is 2.37 bits per heavy atom. The number of amides is 1. The Balaban J connectivity index is 2.09. The van der Waals surface area contributed by atoms with Crippen molar-refractivity contribution < 1.29 is 14.7 Å². The predicted octanol–water partition coefficient (Wildman–Crippen LogP) is 1.45. The van der Waals surface area contributed by atoms with Gasteiger partial charge in [0, 0.05) is 17.8 Å². The highest BCUT2D eigenvalue weighted by atomic mass is 32.1. The average Bonchev–Trinajstić information content (AvgIpc) is 3.05. The smallest absolute Gasteiger partial charge is 0.355 e. The molecule has 7 nitrogen and oxygen atoms in total. The zero-order valence-corrected chi connectivity index (χ0v) is 10.9. The minimum Gasteiger partial charge on any atom is -0.476 e. The second-order valence-corrected chi connectivity index (χ2v) is 4.61. The molecule has 0 aliphatic heterocycles. The van der Waals surface area contributed by atoms with Gasteiger partial charge in [0.05, 0.1) is 6.04 Å². The number of carboxylic acids is 1. The summed E-state index contributed by atoms with van der Waals surface area (Å²) in [7, 11) is 0. The first-order valence-electron chi connectivity index (χ1n) is 5.60. The van der Waals surface area contributed by atoms with Gasteiger partial charge in [0.25, 0.3) is 5.91 Å². The van der Waals surface area contributed by atoms with E-state index in [-0.39, 0.29) is 16.7 Å².